The molecule has 1 aliphatic heterocycles. The molecule has 1 amide bonds. The molecular weight excluding hydrogens is 390 g/mol. The number of aromatic nitrogens is 1. The number of piperazine rings is 1. The van der Waals surface area contributed by atoms with Crippen LogP contribution in [-0.2, 0) is 11.3 Å². The molecule has 1 saturated heterocycles. The Morgan fingerprint density at radius 1 is 1.00 bits per heavy atom. The first kappa shape index (κ1) is 21.6. The van der Waals surface area contributed by atoms with Crippen LogP contribution in [0.3, 0.4) is 0 Å². The van der Waals surface area contributed by atoms with Crippen LogP contribution in [0.1, 0.15) is 59.0 Å². The molecule has 6 nitrogen and oxygen atoms in total. The van der Waals surface area contributed by atoms with Gasteiger partial charge in [-0.25, -0.2) is 4.79 Å². The molecule has 166 valence electrons. The number of benzene rings is 1. The van der Waals surface area contributed by atoms with Gasteiger partial charge < -0.3 is 14.2 Å². The highest BCUT2D eigenvalue weighted by atomic mass is 16.6. The zero-order valence-corrected chi connectivity index (χ0v) is 18.7. The fourth-order valence-corrected chi connectivity index (χ4v) is 4.97. The van der Waals surface area contributed by atoms with Gasteiger partial charge in [0.25, 0.3) is 0 Å². The zero-order chi connectivity index (χ0) is 21.8. The van der Waals surface area contributed by atoms with Gasteiger partial charge in [0.2, 0.25) is 0 Å². The molecule has 1 aromatic carbocycles. The fourth-order valence-electron chi connectivity index (χ4n) is 4.97. The fraction of sp³-hybridized carbons (Fsp3) is 0.520. The largest absolute Gasteiger partial charge is 0.445 e. The van der Waals surface area contributed by atoms with Crippen LogP contribution >= 0.6 is 0 Å². The van der Waals surface area contributed by atoms with Gasteiger partial charge >= 0.3 is 6.09 Å². The summed E-state index contributed by atoms with van der Waals surface area (Å²) in [6.07, 6.45) is 4.71. The van der Waals surface area contributed by atoms with Crippen molar-refractivity contribution < 1.29 is 14.3 Å². The number of hydrogen-bond acceptors (Lipinski definition) is 4. The van der Waals surface area contributed by atoms with Gasteiger partial charge in [-0.1, -0.05) is 43.2 Å². The van der Waals surface area contributed by atoms with Crippen LogP contribution in [0.4, 0.5) is 4.79 Å². The molecule has 0 spiro atoms. The first-order chi connectivity index (χ1) is 15.0. The number of ketones is 1. The molecule has 6 heteroatoms. The summed E-state index contributed by atoms with van der Waals surface area (Å²) in [4.78, 5) is 29.3. The van der Waals surface area contributed by atoms with Gasteiger partial charge in [-0.05, 0) is 38.3 Å². The third-order valence-electron chi connectivity index (χ3n) is 6.68. The minimum absolute atomic E-state index is 0.178. The van der Waals surface area contributed by atoms with E-state index in [2.05, 4.69) is 29.4 Å². The smallest absolute Gasteiger partial charge is 0.410 e. The van der Waals surface area contributed by atoms with E-state index in [1.165, 1.54) is 31.4 Å². The van der Waals surface area contributed by atoms with Crippen molar-refractivity contribution in [1.29, 1.82) is 0 Å². The summed E-state index contributed by atoms with van der Waals surface area (Å²) >= 11 is 0. The van der Waals surface area contributed by atoms with Gasteiger partial charge in [0.1, 0.15) is 6.61 Å². The molecule has 0 atom stereocenters. The van der Waals surface area contributed by atoms with Crippen LogP contribution in [-0.4, -0.2) is 59.0 Å². The number of hydrogen-bond donors (Lipinski definition) is 0. The Morgan fingerprint density at radius 2 is 1.68 bits per heavy atom. The highest BCUT2D eigenvalue weighted by molar-refractivity contribution is 5.99. The molecule has 31 heavy (non-hydrogen) atoms. The number of rotatable bonds is 6. The van der Waals surface area contributed by atoms with Gasteiger partial charge in [0, 0.05) is 49.2 Å². The Labute approximate surface area is 184 Å². The SMILES string of the molecule is Cc1cc(C(=O)CN2CCN(C(=O)OCc3ccccc3)CC2)c(C)n1C1CCCC1. The zero-order valence-electron chi connectivity index (χ0n) is 18.7. The molecule has 0 bridgehead atoms. The molecule has 0 unspecified atom stereocenters. The van der Waals surface area contributed by atoms with Crippen molar-refractivity contribution in [2.45, 2.75) is 52.2 Å². The molecule has 2 heterocycles. The summed E-state index contributed by atoms with van der Waals surface area (Å²) in [5.41, 5.74) is 4.14. The first-order valence-corrected chi connectivity index (χ1v) is 11.4. The topological polar surface area (TPSA) is 54.8 Å². The first-order valence-electron chi connectivity index (χ1n) is 11.4. The predicted molar refractivity (Wildman–Crippen MR) is 120 cm³/mol. The van der Waals surface area contributed by atoms with Crippen molar-refractivity contribution in [2.24, 2.45) is 0 Å². The monoisotopic (exact) mass is 423 g/mol. The van der Waals surface area contributed by atoms with Gasteiger partial charge in [-0.2, -0.15) is 0 Å². The number of aryl methyl sites for hydroxylation is 1. The van der Waals surface area contributed by atoms with Crippen molar-refractivity contribution in [1.82, 2.24) is 14.4 Å². The number of carbonyl (C=O) groups excluding carboxylic acids is 2. The molecule has 2 fully saturated rings. The highest BCUT2D eigenvalue weighted by Crippen LogP contribution is 2.33. The van der Waals surface area contributed by atoms with E-state index in [0.717, 1.165) is 16.8 Å². The summed E-state index contributed by atoms with van der Waals surface area (Å²) in [5.74, 6) is 0.178. The standard InChI is InChI=1S/C25H33N3O3/c1-19-16-23(20(2)28(19)22-10-6-7-11-22)24(29)17-26-12-14-27(15-13-26)25(30)31-18-21-8-4-3-5-9-21/h3-5,8-9,16,22H,6-7,10-15,17-18H2,1-2H3. The minimum Gasteiger partial charge on any atom is -0.445 e. The molecule has 0 radical (unpaired) electrons. The Bertz CT molecular complexity index is 908. The molecule has 1 saturated carbocycles. The second-order valence-corrected chi connectivity index (χ2v) is 8.82. The lowest BCUT2D eigenvalue weighted by molar-refractivity contribution is 0.0678. The molecular formula is C25H33N3O3. The van der Waals surface area contributed by atoms with Crippen molar-refractivity contribution in [2.75, 3.05) is 32.7 Å². The Balaban J connectivity index is 1.27. The molecule has 2 aliphatic rings. The number of carbonyl (C=O) groups is 2. The van der Waals surface area contributed by atoms with Gasteiger partial charge in [0.05, 0.1) is 6.54 Å². The average Bonchev–Trinajstić information content (AvgIpc) is 3.40. The quantitative estimate of drug-likeness (QED) is 0.648. The summed E-state index contributed by atoms with van der Waals surface area (Å²) in [6.45, 7) is 7.43. The lowest BCUT2D eigenvalue weighted by atomic mass is 10.1. The van der Waals surface area contributed by atoms with Crippen LogP contribution in [0.5, 0.6) is 0 Å². The van der Waals surface area contributed by atoms with E-state index in [0.29, 0.717) is 38.8 Å². The van der Waals surface area contributed by atoms with E-state index >= 15 is 0 Å². The molecule has 4 rings (SSSR count). The summed E-state index contributed by atoms with van der Waals surface area (Å²) < 4.78 is 7.81. The van der Waals surface area contributed by atoms with Gasteiger partial charge in [-0.3, -0.25) is 9.69 Å². The van der Waals surface area contributed by atoms with Crippen LogP contribution in [0.15, 0.2) is 36.4 Å². The van der Waals surface area contributed by atoms with Crippen molar-refractivity contribution in [3.63, 3.8) is 0 Å². The van der Waals surface area contributed by atoms with Crippen LogP contribution < -0.4 is 0 Å². The van der Waals surface area contributed by atoms with E-state index in [1.54, 1.807) is 4.90 Å². The van der Waals surface area contributed by atoms with E-state index in [-0.39, 0.29) is 18.5 Å². The summed E-state index contributed by atoms with van der Waals surface area (Å²) in [5, 5.41) is 0. The maximum absolute atomic E-state index is 13.0. The number of nitrogens with zero attached hydrogens (tertiary/aromatic N) is 3. The second-order valence-electron chi connectivity index (χ2n) is 8.82. The number of Topliss-reactive ketones (excluding diaryl/α,β-unsaturated/α-hetero) is 1. The van der Waals surface area contributed by atoms with Crippen LogP contribution in [0.25, 0.3) is 0 Å². The van der Waals surface area contributed by atoms with E-state index in [4.69, 9.17) is 4.74 Å². The Morgan fingerprint density at radius 3 is 2.35 bits per heavy atom. The van der Waals surface area contributed by atoms with E-state index in [9.17, 15) is 9.59 Å². The molecule has 1 aliphatic carbocycles. The van der Waals surface area contributed by atoms with E-state index < -0.39 is 0 Å². The van der Waals surface area contributed by atoms with Crippen LogP contribution in [0, 0.1) is 13.8 Å². The lowest BCUT2D eigenvalue weighted by Gasteiger charge is -2.33. The number of ether oxygens (including phenoxy) is 1. The van der Waals surface area contributed by atoms with Crippen molar-refractivity contribution in [3.8, 4) is 0 Å². The van der Waals surface area contributed by atoms with Gasteiger partial charge in [-0.15, -0.1) is 0 Å². The average molecular weight is 424 g/mol. The van der Waals surface area contributed by atoms with Gasteiger partial charge in [0.15, 0.2) is 5.78 Å². The molecule has 2 aromatic rings. The second kappa shape index (κ2) is 9.69. The third kappa shape index (κ3) is 5.01. The normalized spacial score (nSPS) is 17.8. The Kier molecular flexibility index (Phi) is 6.76. The lowest BCUT2D eigenvalue weighted by Crippen LogP contribution is -2.50. The van der Waals surface area contributed by atoms with Crippen molar-refractivity contribution >= 4 is 11.9 Å². The highest BCUT2D eigenvalue weighted by Gasteiger charge is 2.27. The minimum atomic E-state index is -0.282. The maximum atomic E-state index is 13.0. The molecule has 0 N–H and O–H groups in total. The molecule has 1 aromatic heterocycles. The third-order valence-corrected chi connectivity index (χ3v) is 6.68. The van der Waals surface area contributed by atoms with Crippen LogP contribution in [0.2, 0.25) is 0 Å². The summed E-state index contributed by atoms with van der Waals surface area (Å²) in [7, 11) is 0. The Hall–Kier alpha value is -2.60. The number of amides is 1. The predicted octanol–water partition coefficient (Wildman–Crippen LogP) is 4.36. The summed E-state index contributed by atoms with van der Waals surface area (Å²) in [6, 6.07) is 12.3. The van der Waals surface area contributed by atoms with E-state index in [1.807, 2.05) is 30.3 Å². The maximum Gasteiger partial charge on any atom is 0.410 e. The van der Waals surface area contributed by atoms with Crippen molar-refractivity contribution in [3.05, 3.63) is 58.9 Å².